The summed E-state index contributed by atoms with van der Waals surface area (Å²) in [6.07, 6.45) is -2.41. The number of aliphatic hydroxyl groups is 3. The first-order chi connectivity index (χ1) is 5.54. The van der Waals surface area contributed by atoms with Crippen molar-refractivity contribution in [1.29, 1.82) is 0 Å². The van der Waals surface area contributed by atoms with Gasteiger partial charge in [0.2, 0.25) is 0 Å². The summed E-state index contributed by atoms with van der Waals surface area (Å²) >= 11 is 0. The van der Waals surface area contributed by atoms with Crippen LogP contribution in [0.1, 0.15) is 20.3 Å². The van der Waals surface area contributed by atoms with Crippen LogP contribution in [-0.2, 0) is 0 Å². The van der Waals surface area contributed by atoms with Gasteiger partial charge in [-0.05, 0) is 20.4 Å². The van der Waals surface area contributed by atoms with E-state index in [2.05, 4.69) is 5.32 Å². The van der Waals surface area contributed by atoms with E-state index in [9.17, 15) is 15.3 Å². The van der Waals surface area contributed by atoms with Gasteiger partial charge in [-0.15, -0.1) is 0 Å². The molecule has 4 nitrogen and oxygen atoms in total. The lowest BCUT2D eigenvalue weighted by atomic mass is 10.0. The van der Waals surface area contributed by atoms with Crippen molar-refractivity contribution < 1.29 is 15.3 Å². The van der Waals surface area contributed by atoms with Crippen molar-refractivity contribution in [3.05, 3.63) is 0 Å². The SMILES string of the molecule is CCC(O)C(O)C(O)C(C)NC. The highest BCUT2D eigenvalue weighted by Gasteiger charge is 2.26. The minimum atomic E-state index is -1.07. The molecule has 4 atom stereocenters. The van der Waals surface area contributed by atoms with Gasteiger partial charge in [-0.2, -0.15) is 0 Å². The van der Waals surface area contributed by atoms with E-state index in [1.54, 1.807) is 20.9 Å². The Balaban J connectivity index is 3.99. The molecule has 0 fully saturated rings. The number of likely N-dealkylation sites (N-methyl/N-ethyl adjacent to an activating group) is 1. The van der Waals surface area contributed by atoms with Gasteiger partial charge in [0.1, 0.15) is 6.10 Å². The lowest BCUT2D eigenvalue weighted by Gasteiger charge is -2.26. The zero-order valence-corrected chi connectivity index (χ0v) is 7.86. The van der Waals surface area contributed by atoms with Crippen molar-refractivity contribution in [3.8, 4) is 0 Å². The fraction of sp³-hybridized carbons (Fsp3) is 1.00. The number of rotatable bonds is 5. The normalized spacial score (nSPS) is 21.5. The Kier molecular flexibility index (Phi) is 5.41. The molecule has 0 rings (SSSR count). The van der Waals surface area contributed by atoms with Crippen LogP contribution in [0.25, 0.3) is 0 Å². The van der Waals surface area contributed by atoms with Gasteiger partial charge < -0.3 is 20.6 Å². The Bertz CT molecular complexity index is 107. The summed E-state index contributed by atoms with van der Waals surface area (Å²) in [7, 11) is 1.69. The third-order valence-corrected chi connectivity index (χ3v) is 2.13. The van der Waals surface area contributed by atoms with Crippen molar-refractivity contribution in [2.75, 3.05) is 7.05 Å². The standard InChI is InChI=1S/C8H19NO3/c1-4-6(10)8(12)7(11)5(2)9-3/h5-12H,4H2,1-3H3. The molecule has 0 aliphatic heterocycles. The van der Waals surface area contributed by atoms with Crippen LogP contribution >= 0.6 is 0 Å². The maximum absolute atomic E-state index is 9.42. The lowest BCUT2D eigenvalue weighted by molar-refractivity contribution is -0.0697. The van der Waals surface area contributed by atoms with E-state index in [0.29, 0.717) is 6.42 Å². The minimum absolute atomic E-state index is 0.221. The molecule has 0 aromatic heterocycles. The molecular formula is C8H19NO3. The Morgan fingerprint density at radius 2 is 1.67 bits per heavy atom. The molecule has 12 heavy (non-hydrogen) atoms. The molecule has 0 bridgehead atoms. The van der Waals surface area contributed by atoms with Crippen LogP contribution in [0.15, 0.2) is 0 Å². The molecule has 0 saturated heterocycles. The Labute approximate surface area is 73.2 Å². The van der Waals surface area contributed by atoms with E-state index in [4.69, 9.17) is 0 Å². The summed E-state index contributed by atoms with van der Waals surface area (Å²) in [5, 5.41) is 30.8. The fourth-order valence-corrected chi connectivity index (χ4v) is 0.936. The predicted octanol–water partition coefficient (Wildman–Crippen LogP) is -0.913. The zero-order valence-electron chi connectivity index (χ0n) is 7.86. The second-order valence-electron chi connectivity index (χ2n) is 3.03. The fourth-order valence-electron chi connectivity index (χ4n) is 0.936. The zero-order chi connectivity index (χ0) is 9.72. The van der Waals surface area contributed by atoms with Crippen molar-refractivity contribution in [1.82, 2.24) is 5.32 Å². The van der Waals surface area contributed by atoms with Gasteiger partial charge >= 0.3 is 0 Å². The Morgan fingerprint density at radius 1 is 1.17 bits per heavy atom. The highest BCUT2D eigenvalue weighted by Crippen LogP contribution is 2.06. The largest absolute Gasteiger partial charge is 0.390 e. The van der Waals surface area contributed by atoms with E-state index in [1.165, 1.54) is 0 Å². The molecule has 0 aliphatic carbocycles. The van der Waals surface area contributed by atoms with Crippen molar-refractivity contribution in [2.45, 2.75) is 44.6 Å². The Hall–Kier alpha value is -0.160. The van der Waals surface area contributed by atoms with Crippen LogP contribution in [0, 0.1) is 0 Å². The van der Waals surface area contributed by atoms with Crippen molar-refractivity contribution >= 4 is 0 Å². The summed E-state index contributed by atoms with van der Waals surface area (Å²) in [5.74, 6) is 0. The first-order valence-corrected chi connectivity index (χ1v) is 4.26. The summed E-state index contributed by atoms with van der Waals surface area (Å²) in [6.45, 7) is 3.50. The smallest absolute Gasteiger partial charge is 0.107 e. The van der Waals surface area contributed by atoms with E-state index < -0.39 is 18.3 Å². The predicted molar refractivity (Wildman–Crippen MR) is 46.8 cm³/mol. The molecule has 0 aromatic rings. The molecule has 4 heteroatoms. The number of aliphatic hydroxyl groups excluding tert-OH is 3. The molecule has 4 unspecified atom stereocenters. The Morgan fingerprint density at radius 3 is 2.00 bits per heavy atom. The van der Waals surface area contributed by atoms with Crippen molar-refractivity contribution in [3.63, 3.8) is 0 Å². The van der Waals surface area contributed by atoms with Crippen LogP contribution in [0.4, 0.5) is 0 Å². The average molecular weight is 177 g/mol. The summed E-state index contributed by atoms with van der Waals surface area (Å²) in [4.78, 5) is 0. The van der Waals surface area contributed by atoms with Crippen LogP contribution < -0.4 is 5.32 Å². The summed E-state index contributed by atoms with van der Waals surface area (Å²) in [6, 6.07) is -0.221. The molecule has 0 heterocycles. The molecule has 0 spiro atoms. The van der Waals surface area contributed by atoms with Crippen LogP contribution in [0.3, 0.4) is 0 Å². The number of hydrogen-bond acceptors (Lipinski definition) is 4. The second-order valence-corrected chi connectivity index (χ2v) is 3.03. The highest BCUT2D eigenvalue weighted by atomic mass is 16.4. The van der Waals surface area contributed by atoms with Gasteiger partial charge in [0.25, 0.3) is 0 Å². The van der Waals surface area contributed by atoms with Gasteiger partial charge in [0, 0.05) is 6.04 Å². The van der Waals surface area contributed by atoms with Crippen LogP contribution in [-0.4, -0.2) is 46.7 Å². The van der Waals surface area contributed by atoms with Gasteiger partial charge in [0.05, 0.1) is 12.2 Å². The maximum Gasteiger partial charge on any atom is 0.107 e. The highest BCUT2D eigenvalue weighted by molar-refractivity contribution is 4.81. The summed E-state index contributed by atoms with van der Waals surface area (Å²) in [5.41, 5.74) is 0. The second kappa shape index (κ2) is 5.48. The lowest BCUT2D eigenvalue weighted by Crippen LogP contribution is -2.47. The van der Waals surface area contributed by atoms with E-state index in [-0.39, 0.29) is 6.04 Å². The van der Waals surface area contributed by atoms with Gasteiger partial charge in [-0.25, -0.2) is 0 Å². The topological polar surface area (TPSA) is 72.7 Å². The van der Waals surface area contributed by atoms with Crippen molar-refractivity contribution in [2.24, 2.45) is 0 Å². The maximum atomic E-state index is 9.42. The third-order valence-electron chi connectivity index (χ3n) is 2.13. The molecule has 0 amide bonds. The number of nitrogens with one attached hydrogen (secondary N) is 1. The van der Waals surface area contributed by atoms with Gasteiger partial charge in [0.15, 0.2) is 0 Å². The van der Waals surface area contributed by atoms with E-state index in [1.807, 2.05) is 0 Å². The van der Waals surface area contributed by atoms with Gasteiger partial charge in [-0.3, -0.25) is 0 Å². The molecule has 4 N–H and O–H groups in total. The first kappa shape index (κ1) is 11.8. The molecule has 0 radical (unpaired) electrons. The van der Waals surface area contributed by atoms with E-state index in [0.717, 1.165) is 0 Å². The first-order valence-electron chi connectivity index (χ1n) is 4.26. The van der Waals surface area contributed by atoms with Crippen LogP contribution in [0.2, 0.25) is 0 Å². The third kappa shape index (κ3) is 3.06. The molecule has 74 valence electrons. The molecule has 0 aliphatic rings. The average Bonchev–Trinajstić information content (AvgIpc) is 2.12. The molecule has 0 aromatic carbocycles. The van der Waals surface area contributed by atoms with Gasteiger partial charge in [-0.1, -0.05) is 6.92 Å². The minimum Gasteiger partial charge on any atom is -0.390 e. The molecule has 0 saturated carbocycles. The van der Waals surface area contributed by atoms with Crippen LogP contribution in [0.5, 0.6) is 0 Å². The molecular weight excluding hydrogens is 158 g/mol. The summed E-state index contributed by atoms with van der Waals surface area (Å²) < 4.78 is 0. The monoisotopic (exact) mass is 177 g/mol. The number of hydrogen-bond donors (Lipinski definition) is 4. The quantitative estimate of drug-likeness (QED) is 0.438. The van der Waals surface area contributed by atoms with E-state index >= 15 is 0 Å².